The fourth-order valence-electron chi connectivity index (χ4n) is 2.51. The van der Waals surface area contributed by atoms with Gasteiger partial charge in [0.25, 0.3) is 5.91 Å². The minimum atomic E-state index is -0.346. The third kappa shape index (κ3) is 3.34. The summed E-state index contributed by atoms with van der Waals surface area (Å²) in [6.45, 7) is 3.45. The van der Waals surface area contributed by atoms with E-state index in [0.717, 1.165) is 16.8 Å². The van der Waals surface area contributed by atoms with Gasteiger partial charge >= 0.3 is 6.09 Å². The van der Waals surface area contributed by atoms with Crippen LogP contribution >= 0.6 is 0 Å². The first-order chi connectivity index (χ1) is 11.1. The van der Waals surface area contributed by atoms with Crippen molar-refractivity contribution in [3.63, 3.8) is 0 Å². The third-order valence-corrected chi connectivity index (χ3v) is 3.90. The van der Waals surface area contributed by atoms with Gasteiger partial charge < -0.3 is 10.1 Å². The maximum Gasteiger partial charge on any atom is 0.414 e. The fraction of sp³-hybridized carbons (Fsp3) is 0.222. The molecule has 5 heteroatoms. The quantitative estimate of drug-likeness (QED) is 0.944. The van der Waals surface area contributed by atoms with Gasteiger partial charge in [0, 0.05) is 17.8 Å². The maximum atomic E-state index is 12.2. The number of carbonyl (C=O) groups is 2. The zero-order valence-corrected chi connectivity index (χ0v) is 12.9. The van der Waals surface area contributed by atoms with Crippen molar-refractivity contribution in [3.05, 3.63) is 65.2 Å². The molecule has 2 aromatic carbocycles. The molecule has 0 aliphatic carbocycles. The van der Waals surface area contributed by atoms with Gasteiger partial charge in [0.2, 0.25) is 0 Å². The van der Waals surface area contributed by atoms with Crippen LogP contribution in [0.25, 0.3) is 0 Å². The molecular formula is C18H18N2O3. The van der Waals surface area contributed by atoms with Crippen LogP contribution in [0.5, 0.6) is 0 Å². The molecule has 2 amide bonds. The van der Waals surface area contributed by atoms with Gasteiger partial charge in [-0.25, -0.2) is 4.79 Å². The van der Waals surface area contributed by atoms with Gasteiger partial charge in [0.1, 0.15) is 6.61 Å². The van der Waals surface area contributed by atoms with Crippen LogP contribution < -0.4 is 10.2 Å². The van der Waals surface area contributed by atoms with Gasteiger partial charge in [0.05, 0.1) is 6.54 Å². The van der Waals surface area contributed by atoms with E-state index in [1.54, 1.807) is 29.2 Å². The number of nitrogens with zero attached hydrogens (tertiary/aromatic N) is 1. The fourth-order valence-corrected chi connectivity index (χ4v) is 2.51. The Morgan fingerprint density at radius 3 is 2.57 bits per heavy atom. The summed E-state index contributed by atoms with van der Waals surface area (Å²) < 4.78 is 4.90. The van der Waals surface area contributed by atoms with Crippen molar-refractivity contribution in [1.29, 1.82) is 0 Å². The number of aryl methyl sites for hydroxylation is 1. The van der Waals surface area contributed by atoms with Crippen LogP contribution in [0.15, 0.2) is 48.5 Å². The zero-order valence-electron chi connectivity index (χ0n) is 12.9. The molecule has 1 fully saturated rings. The van der Waals surface area contributed by atoms with Crippen molar-refractivity contribution < 1.29 is 14.3 Å². The number of ether oxygens (including phenoxy) is 1. The zero-order chi connectivity index (χ0) is 16.2. The molecule has 0 unspecified atom stereocenters. The highest BCUT2D eigenvalue weighted by atomic mass is 16.6. The molecule has 5 nitrogen and oxygen atoms in total. The largest absolute Gasteiger partial charge is 0.447 e. The van der Waals surface area contributed by atoms with Crippen LogP contribution in [0.2, 0.25) is 0 Å². The summed E-state index contributed by atoms with van der Waals surface area (Å²) >= 11 is 0. The Morgan fingerprint density at radius 1 is 1.17 bits per heavy atom. The maximum absolute atomic E-state index is 12.2. The number of rotatable bonds is 4. The van der Waals surface area contributed by atoms with Crippen LogP contribution in [-0.4, -0.2) is 25.2 Å². The minimum Gasteiger partial charge on any atom is -0.447 e. The minimum absolute atomic E-state index is 0.135. The lowest BCUT2D eigenvalue weighted by molar-refractivity contribution is 0.0951. The average Bonchev–Trinajstić information content (AvgIpc) is 3.00. The summed E-state index contributed by atoms with van der Waals surface area (Å²) in [5, 5.41) is 2.91. The summed E-state index contributed by atoms with van der Waals surface area (Å²) in [4.78, 5) is 25.3. The van der Waals surface area contributed by atoms with Crippen LogP contribution in [0.1, 0.15) is 21.5 Å². The number of hydrogen-bond donors (Lipinski definition) is 1. The van der Waals surface area contributed by atoms with E-state index < -0.39 is 0 Å². The first-order valence-electron chi connectivity index (χ1n) is 7.52. The van der Waals surface area contributed by atoms with E-state index in [4.69, 9.17) is 4.74 Å². The van der Waals surface area contributed by atoms with Crippen LogP contribution in [0, 0.1) is 6.92 Å². The SMILES string of the molecule is Cc1ccccc1CNC(=O)c1ccc(N2CCOC2=O)cc1. The Balaban J connectivity index is 1.64. The highest BCUT2D eigenvalue weighted by Crippen LogP contribution is 2.19. The van der Waals surface area contributed by atoms with Crippen molar-refractivity contribution in [1.82, 2.24) is 5.32 Å². The Kier molecular flexibility index (Phi) is 4.28. The Morgan fingerprint density at radius 2 is 1.91 bits per heavy atom. The Bertz CT molecular complexity index is 725. The van der Waals surface area contributed by atoms with Crippen molar-refractivity contribution in [3.8, 4) is 0 Å². The van der Waals surface area contributed by atoms with Gasteiger partial charge in [0.15, 0.2) is 0 Å². The predicted octanol–water partition coefficient (Wildman–Crippen LogP) is 2.88. The monoisotopic (exact) mass is 310 g/mol. The number of carbonyl (C=O) groups excluding carboxylic acids is 2. The first-order valence-corrected chi connectivity index (χ1v) is 7.52. The van der Waals surface area contributed by atoms with E-state index in [1.165, 1.54) is 0 Å². The summed E-state index contributed by atoms with van der Waals surface area (Å²) in [5.74, 6) is -0.135. The number of cyclic esters (lactones) is 1. The summed E-state index contributed by atoms with van der Waals surface area (Å²) in [6, 6.07) is 14.9. The molecule has 0 radical (unpaired) electrons. The molecule has 1 N–H and O–H groups in total. The third-order valence-electron chi connectivity index (χ3n) is 3.90. The lowest BCUT2D eigenvalue weighted by Gasteiger charge is -2.13. The molecule has 1 aliphatic heterocycles. The summed E-state index contributed by atoms with van der Waals surface area (Å²) in [5.41, 5.74) is 3.55. The molecule has 23 heavy (non-hydrogen) atoms. The van der Waals surface area contributed by atoms with Crippen LogP contribution in [-0.2, 0) is 11.3 Å². The molecule has 1 aliphatic rings. The van der Waals surface area contributed by atoms with Gasteiger partial charge in [-0.15, -0.1) is 0 Å². The second-order valence-corrected chi connectivity index (χ2v) is 5.42. The second-order valence-electron chi connectivity index (χ2n) is 5.42. The Hall–Kier alpha value is -2.82. The number of nitrogens with one attached hydrogen (secondary N) is 1. The molecule has 0 saturated carbocycles. The second kappa shape index (κ2) is 6.52. The molecule has 0 aromatic heterocycles. The highest BCUT2D eigenvalue weighted by molar-refractivity contribution is 5.95. The number of anilines is 1. The normalized spacial score (nSPS) is 13.8. The van der Waals surface area contributed by atoms with Crippen LogP contribution in [0.3, 0.4) is 0 Å². The van der Waals surface area contributed by atoms with E-state index in [9.17, 15) is 9.59 Å². The van der Waals surface area contributed by atoms with E-state index in [1.807, 2.05) is 31.2 Å². The molecular weight excluding hydrogens is 292 g/mol. The molecule has 0 spiro atoms. The first kappa shape index (κ1) is 15.1. The summed E-state index contributed by atoms with van der Waals surface area (Å²) in [6.07, 6.45) is -0.346. The molecule has 118 valence electrons. The molecule has 3 rings (SSSR count). The number of benzene rings is 2. The van der Waals surface area contributed by atoms with Crippen molar-refractivity contribution in [2.45, 2.75) is 13.5 Å². The average molecular weight is 310 g/mol. The number of amides is 2. The number of hydrogen-bond acceptors (Lipinski definition) is 3. The lowest BCUT2D eigenvalue weighted by atomic mass is 10.1. The summed E-state index contributed by atoms with van der Waals surface area (Å²) in [7, 11) is 0. The molecule has 0 bridgehead atoms. The van der Waals surface area contributed by atoms with Crippen LogP contribution in [0.4, 0.5) is 10.5 Å². The molecule has 2 aromatic rings. The molecule has 1 saturated heterocycles. The van der Waals surface area contributed by atoms with Crippen molar-refractivity contribution in [2.75, 3.05) is 18.1 Å². The lowest BCUT2D eigenvalue weighted by Crippen LogP contribution is -2.24. The Labute approximate surface area is 134 Å². The van der Waals surface area contributed by atoms with Gasteiger partial charge in [-0.3, -0.25) is 9.69 Å². The predicted molar refractivity (Wildman–Crippen MR) is 87.5 cm³/mol. The van der Waals surface area contributed by atoms with Gasteiger partial charge in [-0.05, 0) is 42.3 Å². The van der Waals surface area contributed by atoms with Crippen molar-refractivity contribution in [2.24, 2.45) is 0 Å². The van der Waals surface area contributed by atoms with E-state index in [-0.39, 0.29) is 12.0 Å². The standard InChI is InChI=1S/C18H18N2O3/c1-13-4-2-3-5-15(13)12-19-17(21)14-6-8-16(9-7-14)20-10-11-23-18(20)22/h2-9H,10-12H2,1H3,(H,19,21). The highest BCUT2D eigenvalue weighted by Gasteiger charge is 2.23. The molecule has 0 atom stereocenters. The molecule has 1 heterocycles. The van der Waals surface area contributed by atoms with E-state index in [2.05, 4.69) is 5.32 Å². The smallest absolute Gasteiger partial charge is 0.414 e. The van der Waals surface area contributed by atoms with E-state index >= 15 is 0 Å². The van der Waals surface area contributed by atoms with Gasteiger partial charge in [-0.2, -0.15) is 0 Å². The topological polar surface area (TPSA) is 58.6 Å². The van der Waals surface area contributed by atoms with Gasteiger partial charge in [-0.1, -0.05) is 24.3 Å². The van der Waals surface area contributed by atoms with E-state index in [0.29, 0.717) is 25.3 Å². The van der Waals surface area contributed by atoms with Crippen molar-refractivity contribution >= 4 is 17.7 Å².